The second kappa shape index (κ2) is 11.4. The zero-order chi connectivity index (χ0) is 25.6. The van der Waals surface area contributed by atoms with Crippen LogP contribution in [0.1, 0.15) is 24.5 Å². The molecule has 0 spiro atoms. The van der Waals surface area contributed by atoms with Crippen LogP contribution in [-0.2, 0) is 19.1 Å². The molecule has 2 rings (SSSR count). The van der Waals surface area contributed by atoms with Gasteiger partial charge in [0, 0.05) is 19.2 Å². The summed E-state index contributed by atoms with van der Waals surface area (Å²) < 4.78 is 5.47. The van der Waals surface area contributed by atoms with Crippen molar-refractivity contribution in [1.29, 1.82) is 5.41 Å². The van der Waals surface area contributed by atoms with E-state index in [1.165, 1.54) is 0 Å². The van der Waals surface area contributed by atoms with Crippen molar-refractivity contribution < 1.29 is 34.5 Å². The van der Waals surface area contributed by atoms with Crippen LogP contribution in [0.5, 0.6) is 0 Å². The van der Waals surface area contributed by atoms with Crippen LogP contribution in [-0.4, -0.2) is 91.6 Å². The number of amides is 3. The van der Waals surface area contributed by atoms with Crippen molar-refractivity contribution >= 4 is 23.7 Å². The van der Waals surface area contributed by atoms with Gasteiger partial charge in [-0.05, 0) is 6.42 Å². The second-order valence-electron chi connectivity index (χ2n) is 7.38. The third-order valence-corrected chi connectivity index (χ3v) is 4.94. The Bertz CT molecular complexity index is 1040. The number of aromatic nitrogens is 2. The minimum absolute atomic E-state index is 0.0532. The lowest BCUT2D eigenvalue weighted by atomic mass is 10.0. The molecule has 0 radical (unpaired) electrons. The van der Waals surface area contributed by atoms with E-state index in [0.29, 0.717) is 0 Å². The second-order valence-corrected chi connectivity index (χ2v) is 7.38. The molecule has 0 aromatic carbocycles. The topological polar surface area (TPSA) is 290 Å². The quantitative estimate of drug-likeness (QED) is 0.0644. The lowest BCUT2D eigenvalue weighted by Gasteiger charge is -2.26. The molecule has 12 N–H and O–H groups in total. The van der Waals surface area contributed by atoms with E-state index in [1.54, 1.807) is 0 Å². The zero-order valence-electron chi connectivity index (χ0n) is 17.7. The van der Waals surface area contributed by atoms with E-state index in [2.05, 4.69) is 15.6 Å². The molecule has 17 heteroatoms. The normalized spacial score (nSPS) is 22.6. The number of hydroxylamine groups is 2. The third kappa shape index (κ3) is 6.61. The highest BCUT2D eigenvalue weighted by Gasteiger charge is 2.44. The number of carbonyl (C=O) groups is 3. The predicted molar refractivity (Wildman–Crippen MR) is 111 cm³/mol. The third-order valence-electron chi connectivity index (χ3n) is 4.94. The number of nitrogens with zero attached hydrogens (tertiary/aromatic N) is 1. The van der Waals surface area contributed by atoms with Gasteiger partial charge in [0.05, 0.1) is 12.1 Å². The average Bonchev–Trinajstić information content (AvgIpc) is 3.04. The van der Waals surface area contributed by atoms with Gasteiger partial charge in [-0.2, -0.15) is 0 Å². The van der Waals surface area contributed by atoms with Crippen LogP contribution in [0.3, 0.4) is 0 Å². The maximum Gasteiger partial charge on any atom is 0.325 e. The van der Waals surface area contributed by atoms with Crippen LogP contribution in [0.4, 0.5) is 0 Å². The number of carbonyl (C=O) groups excluding carboxylic acids is 3. The Morgan fingerprint density at radius 1 is 1.21 bits per heavy atom. The van der Waals surface area contributed by atoms with Crippen molar-refractivity contribution in [3.8, 4) is 0 Å². The van der Waals surface area contributed by atoms with Crippen LogP contribution < -0.4 is 33.3 Å². The molecule has 1 saturated heterocycles. The number of H-pyrrole nitrogens is 2. The fourth-order valence-corrected chi connectivity index (χ4v) is 3.19. The number of rotatable bonds is 10. The Kier molecular flexibility index (Phi) is 8.84. The highest BCUT2D eigenvalue weighted by Crippen LogP contribution is 2.31. The first kappa shape index (κ1) is 26.5. The fraction of sp³-hybridized carbons (Fsp3) is 0.529. The van der Waals surface area contributed by atoms with E-state index in [1.807, 2.05) is 4.98 Å². The molecule has 1 unspecified atom stereocenters. The molecule has 1 fully saturated rings. The number of hydrogen-bond donors (Lipinski definition) is 10. The van der Waals surface area contributed by atoms with Crippen molar-refractivity contribution in [3.05, 3.63) is 32.6 Å². The van der Waals surface area contributed by atoms with E-state index in [-0.39, 0.29) is 23.5 Å². The summed E-state index contributed by atoms with van der Waals surface area (Å²) in [6, 6.07) is -1.57. The number of primary amides is 1. The first-order valence-electron chi connectivity index (χ1n) is 9.90. The average molecular weight is 486 g/mol. The molecule has 188 valence electrons. The van der Waals surface area contributed by atoms with Gasteiger partial charge in [0.25, 0.3) is 11.5 Å². The monoisotopic (exact) mass is 486 g/mol. The number of ether oxygens (including phenoxy) is 1. The number of aliphatic hydroxyl groups excluding tert-OH is 2. The lowest BCUT2D eigenvalue weighted by Crippen LogP contribution is -2.52. The van der Waals surface area contributed by atoms with Crippen molar-refractivity contribution in [1.82, 2.24) is 25.7 Å². The maximum atomic E-state index is 12.6. The summed E-state index contributed by atoms with van der Waals surface area (Å²) in [5.41, 5.74) is 8.35. The number of guanidine groups is 1. The van der Waals surface area contributed by atoms with Crippen LogP contribution >= 0.6 is 0 Å². The summed E-state index contributed by atoms with van der Waals surface area (Å²) in [6.07, 6.45) is -5.35. The Morgan fingerprint density at radius 2 is 1.88 bits per heavy atom. The summed E-state index contributed by atoms with van der Waals surface area (Å²) in [6.45, 7) is -1.03. The van der Waals surface area contributed by atoms with Crippen LogP contribution in [0.2, 0.25) is 0 Å². The van der Waals surface area contributed by atoms with Crippen molar-refractivity contribution in [2.24, 2.45) is 11.5 Å². The summed E-state index contributed by atoms with van der Waals surface area (Å²) >= 11 is 0. The summed E-state index contributed by atoms with van der Waals surface area (Å²) in [5.74, 6) is -3.34. The van der Waals surface area contributed by atoms with Crippen molar-refractivity contribution in [2.45, 2.75) is 43.3 Å². The highest BCUT2D eigenvalue weighted by molar-refractivity contribution is 5.89. The molecule has 2 heterocycles. The van der Waals surface area contributed by atoms with Gasteiger partial charge in [-0.25, -0.2) is 9.86 Å². The van der Waals surface area contributed by atoms with E-state index in [4.69, 9.17) is 21.6 Å². The summed E-state index contributed by atoms with van der Waals surface area (Å²) in [4.78, 5) is 63.1. The van der Waals surface area contributed by atoms with Gasteiger partial charge in [0.2, 0.25) is 11.8 Å². The largest absolute Gasteiger partial charge is 0.388 e. The lowest BCUT2D eigenvalue weighted by molar-refractivity contribution is -0.179. The zero-order valence-corrected chi connectivity index (χ0v) is 17.7. The Labute approximate surface area is 190 Å². The number of hydrogen-bond acceptors (Lipinski definition) is 10. The van der Waals surface area contributed by atoms with Crippen LogP contribution in [0, 0.1) is 5.41 Å². The predicted octanol–water partition coefficient (Wildman–Crippen LogP) is -5.32. The molecule has 3 amide bonds. The van der Waals surface area contributed by atoms with E-state index >= 15 is 0 Å². The molecule has 0 aliphatic carbocycles. The molecular weight excluding hydrogens is 460 g/mol. The Hall–Kier alpha value is -3.80. The molecule has 17 nitrogen and oxygen atoms in total. The minimum atomic E-state index is -1.58. The van der Waals surface area contributed by atoms with Gasteiger partial charge >= 0.3 is 5.69 Å². The van der Waals surface area contributed by atoms with Gasteiger partial charge in [-0.3, -0.25) is 34.8 Å². The molecule has 1 aromatic heterocycles. The van der Waals surface area contributed by atoms with Gasteiger partial charge in [0.15, 0.2) is 5.96 Å². The molecule has 1 aliphatic rings. The number of aromatic amines is 2. The number of nitrogens with one attached hydrogen (secondary N) is 5. The van der Waals surface area contributed by atoms with Crippen LogP contribution in [0.15, 0.2) is 15.8 Å². The number of aliphatic hydroxyl groups is 2. The van der Waals surface area contributed by atoms with Crippen molar-refractivity contribution in [3.63, 3.8) is 0 Å². The molecule has 1 aliphatic heterocycles. The molecule has 1 aromatic rings. The van der Waals surface area contributed by atoms with Gasteiger partial charge in [0.1, 0.15) is 30.5 Å². The summed E-state index contributed by atoms with van der Waals surface area (Å²) in [5, 5.41) is 42.2. The van der Waals surface area contributed by atoms with Crippen molar-refractivity contribution in [2.75, 3.05) is 13.1 Å². The van der Waals surface area contributed by atoms with Gasteiger partial charge in [-0.1, -0.05) is 0 Å². The Morgan fingerprint density at radius 3 is 2.47 bits per heavy atom. The molecule has 5 atom stereocenters. The standard InChI is InChI=1S/C17H26N8O9/c18-9(26)2-1-7(25(33)10(27)5-22-16(19)20)15(31)21-4-8-11(28)12(29)13(34-8)6-3-23-17(32)24-14(6)30/h3,7-8,11-13,28-29,33H,1-2,4-5H2,(H2,18,26)(H,21,31)(H4,19,20,22)(H2,23,24,30,32)/t7-,8?,11+,12+,13-/m0/s1. The van der Waals surface area contributed by atoms with Gasteiger partial charge < -0.3 is 42.0 Å². The SMILES string of the molecule is N=C(N)NCC(=O)N(O)[C@@H](CCC(N)=O)C(=O)NCC1O[C@@H](c2c[nH]c(=O)[nH]c2=O)[C@H](O)[C@@H]1O. The van der Waals surface area contributed by atoms with E-state index in [9.17, 15) is 39.4 Å². The maximum absolute atomic E-state index is 12.6. The fourth-order valence-electron chi connectivity index (χ4n) is 3.19. The molecule has 34 heavy (non-hydrogen) atoms. The minimum Gasteiger partial charge on any atom is -0.388 e. The molecule has 0 bridgehead atoms. The smallest absolute Gasteiger partial charge is 0.325 e. The van der Waals surface area contributed by atoms with E-state index in [0.717, 1.165) is 6.20 Å². The summed E-state index contributed by atoms with van der Waals surface area (Å²) in [7, 11) is 0. The first-order chi connectivity index (χ1) is 15.9. The molecule has 0 saturated carbocycles. The van der Waals surface area contributed by atoms with Crippen LogP contribution in [0.25, 0.3) is 0 Å². The van der Waals surface area contributed by atoms with E-state index < -0.39 is 78.5 Å². The number of nitrogens with two attached hydrogens (primary N) is 2. The Balaban J connectivity index is 2.07. The van der Waals surface area contributed by atoms with Gasteiger partial charge in [-0.15, -0.1) is 0 Å². The highest BCUT2D eigenvalue weighted by atomic mass is 16.5. The first-order valence-corrected chi connectivity index (χ1v) is 9.90. The molecular formula is C17H26N8O9.